The molecule has 0 unspecified atom stereocenters. The van der Waals surface area contributed by atoms with Gasteiger partial charge in [-0.25, -0.2) is 0 Å². The minimum atomic E-state index is -4.48. The average Bonchev–Trinajstić information content (AvgIpc) is 2.19. The Morgan fingerprint density at radius 1 is 1.47 bits per heavy atom. The van der Waals surface area contributed by atoms with Gasteiger partial charge in [-0.2, -0.15) is 13.2 Å². The van der Waals surface area contributed by atoms with E-state index in [0.717, 1.165) is 6.07 Å². The van der Waals surface area contributed by atoms with Crippen LogP contribution in [0.5, 0.6) is 0 Å². The third-order valence-corrected chi connectivity index (χ3v) is 2.64. The zero-order valence-electron chi connectivity index (χ0n) is 8.81. The number of amides is 1. The number of benzene rings is 1. The SMILES string of the molecule is C[C@@H](N)C(=O)Nc1ccc(Br)c(C(F)(F)F)c1. The van der Waals surface area contributed by atoms with Crippen LogP contribution in [-0.2, 0) is 11.0 Å². The lowest BCUT2D eigenvalue weighted by Crippen LogP contribution is -2.32. The van der Waals surface area contributed by atoms with Gasteiger partial charge in [0.15, 0.2) is 0 Å². The minimum Gasteiger partial charge on any atom is -0.325 e. The normalized spacial score (nSPS) is 13.3. The Kier molecular flexibility index (Phi) is 4.16. The van der Waals surface area contributed by atoms with Crippen LogP contribution in [0.15, 0.2) is 22.7 Å². The quantitative estimate of drug-likeness (QED) is 0.882. The Morgan fingerprint density at radius 2 is 2.06 bits per heavy atom. The van der Waals surface area contributed by atoms with E-state index in [-0.39, 0.29) is 10.2 Å². The fraction of sp³-hybridized carbons (Fsp3) is 0.300. The molecule has 94 valence electrons. The van der Waals surface area contributed by atoms with Gasteiger partial charge in [0.1, 0.15) is 0 Å². The van der Waals surface area contributed by atoms with Crippen LogP contribution in [0.2, 0.25) is 0 Å². The van der Waals surface area contributed by atoms with Crippen LogP contribution in [0.1, 0.15) is 12.5 Å². The highest BCUT2D eigenvalue weighted by Gasteiger charge is 2.33. The second-order valence-corrected chi connectivity index (χ2v) is 4.32. The summed E-state index contributed by atoms with van der Waals surface area (Å²) in [7, 11) is 0. The maximum absolute atomic E-state index is 12.6. The van der Waals surface area contributed by atoms with E-state index in [4.69, 9.17) is 5.73 Å². The Morgan fingerprint density at radius 3 is 2.53 bits per heavy atom. The molecule has 0 fully saturated rings. The molecular weight excluding hydrogens is 301 g/mol. The Bertz CT molecular complexity index is 432. The highest BCUT2D eigenvalue weighted by Crippen LogP contribution is 2.36. The first-order valence-corrected chi connectivity index (χ1v) is 5.44. The van der Waals surface area contributed by atoms with Crippen molar-refractivity contribution in [1.29, 1.82) is 0 Å². The van der Waals surface area contributed by atoms with Gasteiger partial charge in [-0.15, -0.1) is 0 Å². The highest BCUT2D eigenvalue weighted by molar-refractivity contribution is 9.10. The third-order valence-electron chi connectivity index (χ3n) is 1.95. The van der Waals surface area contributed by atoms with E-state index in [1.165, 1.54) is 19.1 Å². The van der Waals surface area contributed by atoms with Gasteiger partial charge in [-0.05, 0) is 25.1 Å². The fourth-order valence-electron chi connectivity index (χ4n) is 1.08. The number of nitrogens with two attached hydrogens (primary N) is 1. The zero-order chi connectivity index (χ0) is 13.2. The number of halogens is 4. The molecule has 1 atom stereocenters. The first-order valence-electron chi connectivity index (χ1n) is 4.65. The highest BCUT2D eigenvalue weighted by atomic mass is 79.9. The van der Waals surface area contributed by atoms with Crippen LogP contribution >= 0.6 is 15.9 Å². The number of carbonyl (C=O) groups excluding carboxylic acids is 1. The van der Waals surface area contributed by atoms with Crippen molar-refractivity contribution in [2.45, 2.75) is 19.1 Å². The topological polar surface area (TPSA) is 55.1 Å². The summed E-state index contributed by atoms with van der Waals surface area (Å²) in [4.78, 5) is 11.2. The van der Waals surface area contributed by atoms with E-state index in [9.17, 15) is 18.0 Å². The lowest BCUT2D eigenvalue weighted by atomic mass is 10.2. The number of hydrogen-bond acceptors (Lipinski definition) is 2. The van der Waals surface area contributed by atoms with Crippen LogP contribution in [0, 0.1) is 0 Å². The van der Waals surface area contributed by atoms with Crippen molar-refractivity contribution in [2.24, 2.45) is 5.73 Å². The number of alkyl halides is 3. The van der Waals surface area contributed by atoms with Crippen molar-refractivity contribution in [3.05, 3.63) is 28.2 Å². The Labute approximate surface area is 104 Å². The van der Waals surface area contributed by atoms with E-state index in [1.54, 1.807) is 0 Å². The van der Waals surface area contributed by atoms with Crippen LogP contribution in [0.3, 0.4) is 0 Å². The molecule has 7 heteroatoms. The summed E-state index contributed by atoms with van der Waals surface area (Å²) in [5, 5.41) is 2.30. The monoisotopic (exact) mass is 310 g/mol. The molecule has 1 aromatic rings. The van der Waals surface area contributed by atoms with E-state index >= 15 is 0 Å². The average molecular weight is 311 g/mol. The molecule has 0 aliphatic carbocycles. The fourth-order valence-corrected chi connectivity index (χ4v) is 1.55. The Balaban J connectivity index is 3.01. The first kappa shape index (κ1) is 14.0. The van der Waals surface area contributed by atoms with Crippen molar-refractivity contribution in [3.8, 4) is 0 Å². The lowest BCUT2D eigenvalue weighted by Gasteiger charge is -2.12. The van der Waals surface area contributed by atoms with Crippen LogP contribution in [0.4, 0.5) is 18.9 Å². The molecule has 0 aromatic heterocycles. The predicted octanol–water partition coefficient (Wildman–Crippen LogP) is 2.75. The van der Waals surface area contributed by atoms with Gasteiger partial charge in [0.2, 0.25) is 5.91 Å². The molecule has 1 amide bonds. The zero-order valence-corrected chi connectivity index (χ0v) is 10.4. The van der Waals surface area contributed by atoms with Gasteiger partial charge >= 0.3 is 6.18 Å². The molecule has 0 spiro atoms. The molecule has 0 saturated heterocycles. The number of carbonyl (C=O) groups is 1. The summed E-state index contributed by atoms with van der Waals surface area (Å²) in [5.74, 6) is -0.541. The van der Waals surface area contributed by atoms with E-state index < -0.39 is 23.7 Å². The van der Waals surface area contributed by atoms with E-state index in [2.05, 4.69) is 21.2 Å². The molecule has 0 saturated carbocycles. The van der Waals surface area contributed by atoms with Crippen molar-refractivity contribution in [1.82, 2.24) is 0 Å². The van der Waals surface area contributed by atoms with Crippen LogP contribution in [-0.4, -0.2) is 11.9 Å². The van der Waals surface area contributed by atoms with E-state index in [0.29, 0.717) is 0 Å². The molecule has 1 rings (SSSR count). The smallest absolute Gasteiger partial charge is 0.325 e. The largest absolute Gasteiger partial charge is 0.417 e. The van der Waals surface area contributed by atoms with Gasteiger partial charge < -0.3 is 11.1 Å². The number of rotatable bonds is 2. The number of anilines is 1. The van der Waals surface area contributed by atoms with Crippen molar-refractivity contribution < 1.29 is 18.0 Å². The van der Waals surface area contributed by atoms with E-state index in [1.807, 2.05) is 0 Å². The summed E-state index contributed by atoms with van der Waals surface area (Å²) in [6.45, 7) is 1.44. The summed E-state index contributed by atoms with van der Waals surface area (Å²) >= 11 is 2.80. The van der Waals surface area contributed by atoms with Crippen LogP contribution in [0.25, 0.3) is 0 Å². The lowest BCUT2D eigenvalue weighted by molar-refractivity contribution is -0.138. The molecule has 0 aliphatic rings. The summed E-state index contributed by atoms with van der Waals surface area (Å²) in [6.07, 6.45) is -4.48. The molecule has 0 heterocycles. The van der Waals surface area contributed by atoms with Gasteiger partial charge in [-0.1, -0.05) is 15.9 Å². The van der Waals surface area contributed by atoms with Gasteiger partial charge in [0, 0.05) is 10.2 Å². The molecule has 0 bridgehead atoms. The predicted molar refractivity (Wildman–Crippen MR) is 61.4 cm³/mol. The van der Waals surface area contributed by atoms with Crippen molar-refractivity contribution >= 4 is 27.5 Å². The molecular formula is C10H10BrF3N2O. The van der Waals surface area contributed by atoms with Gasteiger partial charge in [0.05, 0.1) is 11.6 Å². The number of hydrogen-bond donors (Lipinski definition) is 2. The first-order chi connectivity index (χ1) is 7.71. The summed E-state index contributed by atoms with van der Waals surface area (Å²) in [6, 6.07) is 2.65. The molecule has 17 heavy (non-hydrogen) atoms. The molecule has 3 N–H and O–H groups in total. The maximum atomic E-state index is 12.6. The molecule has 0 aliphatic heterocycles. The summed E-state index contributed by atoms with van der Waals surface area (Å²) in [5.41, 5.74) is 4.50. The van der Waals surface area contributed by atoms with Crippen LogP contribution < -0.4 is 11.1 Å². The van der Waals surface area contributed by atoms with Gasteiger partial charge in [-0.3, -0.25) is 4.79 Å². The number of nitrogens with one attached hydrogen (secondary N) is 1. The standard InChI is InChI=1S/C10H10BrF3N2O/c1-5(15)9(17)16-6-2-3-8(11)7(4-6)10(12,13)14/h2-5H,15H2,1H3,(H,16,17)/t5-/m1/s1. The third kappa shape index (κ3) is 3.71. The van der Waals surface area contributed by atoms with Crippen molar-refractivity contribution in [2.75, 3.05) is 5.32 Å². The molecule has 0 radical (unpaired) electrons. The van der Waals surface area contributed by atoms with Crippen molar-refractivity contribution in [3.63, 3.8) is 0 Å². The second-order valence-electron chi connectivity index (χ2n) is 3.47. The second kappa shape index (κ2) is 5.05. The summed E-state index contributed by atoms with van der Waals surface area (Å²) < 4.78 is 37.6. The minimum absolute atomic E-state index is 0.0582. The molecule has 1 aromatic carbocycles. The van der Waals surface area contributed by atoms with Gasteiger partial charge in [0.25, 0.3) is 0 Å². The maximum Gasteiger partial charge on any atom is 0.417 e. The Hall–Kier alpha value is -1.08. The molecule has 3 nitrogen and oxygen atoms in total.